The third-order valence-corrected chi connectivity index (χ3v) is 7.61. The number of rotatable bonds is 6. The van der Waals surface area contributed by atoms with E-state index in [-0.39, 0.29) is 46.2 Å². The maximum Gasteiger partial charge on any atom is 1.00 e. The number of sulfonamides is 1. The van der Waals surface area contributed by atoms with Crippen molar-refractivity contribution in [2.24, 2.45) is 5.14 Å². The average molecular weight is 511 g/mol. The molecule has 138 valence electrons. The average Bonchev–Trinajstić information content (AvgIpc) is 2.46. The molecule has 0 saturated heterocycles. The van der Waals surface area contributed by atoms with Gasteiger partial charge >= 0.3 is 37.2 Å². The number of thioether (sulfide) groups is 1. The van der Waals surface area contributed by atoms with Gasteiger partial charge in [-0.15, -0.1) is 0 Å². The summed E-state index contributed by atoms with van der Waals surface area (Å²) in [5.41, 5.74) is 1.62. The molecule has 0 amide bonds. The van der Waals surface area contributed by atoms with E-state index in [1.54, 1.807) is 18.2 Å². The fourth-order valence-corrected chi connectivity index (χ4v) is 5.78. The molecule has 0 aliphatic heterocycles. The molecule has 0 unspecified atom stereocenters. The van der Waals surface area contributed by atoms with Gasteiger partial charge < -0.3 is 11.2 Å². The minimum Gasteiger partial charge on any atom is -1.00 e. The van der Waals surface area contributed by atoms with Gasteiger partial charge in [0.15, 0.2) is 0 Å². The van der Waals surface area contributed by atoms with Crippen molar-refractivity contribution in [2.45, 2.75) is 16.4 Å². The van der Waals surface area contributed by atoms with E-state index in [4.69, 9.17) is 16.7 Å². The fraction of sp³-hybridized carbons (Fsp3) is 0.143. The molecule has 0 aromatic heterocycles. The van der Waals surface area contributed by atoms with E-state index in [9.17, 15) is 22.8 Å². The SMILES string of the molecule is NS(=O)(=O)c1cc(CSCc2ccc(P(=O)(O)O)c(Br)c2)ccc1Cl.[H-].[Na+]. The van der Waals surface area contributed by atoms with Crippen molar-refractivity contribution in [1.82, 2.24) is 0 Å². The van der Waals surface area contributed by atoms with Gasteiger partial charge in [0, 0.05) is 16.0 Å². The van der Waals surface area contributed by atoms with Crippen LogP contribution in [-0.2, 0) is 26.1 Å². The maximum absolute atomic E-state index is 11.5. The van der Waals surface area contributed by atoms with Gasteiger partial charge in [-0.3, -0.25) is 4.57 Å². The third kappa shape index (κ3) is 6.90. The standard InChI is InChI=1S/C14H14BrClNO5PS2.Na.H/c15-11-5-9(2-4-13(11)23(18,19)20)7-24-8-10-1-3-12(16)14(6-10)25(17,21)22;;/h1-6H,7-8H2,(H2,17,21,22)(H2,18,19,20);;/q;+1;-1. The predicted octanol–water partition coefficient (Wildman–Crippen LogP) is 0.103. The number of halogens is 2. The Kier molecular flexibility index (Phi) is 9.38. The quantitative estimate of drug-likeness (QED) is 0.375. The Hall–Kier alpha value is 0.620. The molecule has 2 rings (SSSR count). The van der Waals surface area contributed by atoms with E-state index < -0.39 is 17.6 Å². The van der Waals surface area contributed by atoms with Crippen molar-refractivity contribution in [3.8, 4) is 0 Å². The molecule has 0 aliphatic rings. The summed E-state index contributed by atoms with van der Waals surface area (Å²) < 4.78 is 34.6. The van der Waals surface area contributed by atoms with Crippen LogP contribution in [0.3, 0.4) is 0 Å². The van der Waals surface area contributed by atoms with E-state index in [2.05, 4.69) is 15.9 Å². The molecule has 6 nitrogen and oxygen atoms in total. The van der Waals surface area contributed by atoms with Crippen LogP contribution < -0.4 is 40.0 Å². The van der Waals surface area contributed by atoms with Gasteiger partial charge in [0.05, 0.1) is 10.3 Å². The van der Waals surface area contributed by atoms with Gasteiger partial charge in [0.25, 0.3) is 0 Å². The second-order valence-electron chi connectivity index (χ2n) is 5.13. The summed E-state index contributed by atoms with van der Waals surface area (Å²) in [6.07, 6.45) is 0. The van der Waals surface area contributed by atoms with Gasteiger partial charge in [-0.05, 0) is 51.3 Å². The van der Waals surface area contributed by atoms with Crippen molar-refractivity contribution in [1.29, 1.82) is 0 Å². The molecule has 0 aliphatic carbocycles. The molecule has 0 heterocycles. The number of nitrogens with two attached hydrogens (primary N) is 1. The van der Waals surface area contributed by atoms with Crippen molar-refractivity contribution in [3.05, 3.63) is 57.0 Å². The summed E-state index contributed by atoms with van der Waals surface area (Å²) in [5.74, 6) is 1.10. The molecule has 0 atom stereocenters. The zero-order valence-electron chi connectivity index (χ0n) is 14.6. The molecule has 26 heavy (non-hydrogen) atoms. The van der Waals surface area contributed by atoms with Crippen molar-refractivity contribution >= 4 is 62.2 Å². The predicted molar refractivity (Wildman–Crippen MR) is 105 cm³/mol. The zero-order valence-corrected chi connectivity index (χ0v) is 20.5. The molecule has 2 aromatic rings. The van der Waals surface area contributed by atoms with Crippen LogP contribution in [0.4, 0.5) is 0 Å². The van der Waals surface area contributed by atoms with Gasteiger partial charge in [-0.25, -0.2) is 13.6 Å². The maximum atomic E-state index is 11.5. The van der Waals surface area contributed by atoms with E-state index in [0.717, 1.165) is 11.1 Å². The van der Waals surface area contributed by atoms with Gasteiger partial charge in [-0.1, -0.05) is 23.7 Å². The number of hydrogen-bond donors (Lipinski definition) is 3. The number of primary sulfonamides is 1. The first-order chi connectivity index (χ1) is 11.5. The Morgan fingerprint density at radius 2 is 1.69 bits per heavy atom. The van der Waals surface area contributed by atoms with Crippen LogP contribution in [0.5, 0.6) is 0 Å². The van der Waals surface area contributed by atoms with Crippen molar-refractivity contribution < 1.29 is 53.8 Å². The van der Waals surface area contributed by atoms with Crippen LogP contribution in [0.25, 0.3) is 0 Å². The van der Waals surface area contributed by atoms with Crippen LogP contribution in [0, 0.1) is 0 Å². The Morgan fingerprint density at radius 1 is 1.15 bits per heavy atom. The first-order valence-electron chi connectivity index (χ1n) is 6.72. The molecule has 0 bridgehead atoms. The normalized spacial score (nSPS) is 11.9. The van der Waals surface area contributed by atoms with Crippen molar-refractivity contribution in [3.63, 3.8) is 0 Å². The van der Waals surface area contributed by atoms with E-state index in [1.807, 2.05) is 0 Å². The fourth-order valence-electron chi connectivity index (χ4n) is 2.02. The largest absolute Gasteiger partial charge is 1.00 e. The van der Waals surface area contributed by atoms with Crippen molar-refractivity contribution in [2.75, 3.05) is 0 Å². The molecule has 4 N–H and O–H groups in total. The first kappa shape index (κ1) is 24.7. The van der Waals surface area contributed by atoms with Crippen LogP contribution >= 0.6 is 46.9 Å². The summed E-state index contributed by atoms with van der Waals surface area (Å²) >= 11 is 10.5. The molecular formula is C14H15BrClNNaO5PS2. The van der Waals surface area contributed by atoms with Crippen LogP contribution in [0.15, 0.2) is 45.8 Å². The number of benzene rings is 2. The molecule has 0 saturated carbocycles. The Bertz CT molecular complexity index is 961. The second kappa shape index (κ2) is 9.89. The smallest absolute Gasteiger partial charge is 1.00 e. The summed E-state index contributed by atoms with van der Waals surface area (Å²) in [5, 5.41) is 5.14. The molecule has 0 spiro atoms. The zero-order chi connectivity index (χ0) is 18.8. The molecule has 2 aromatic carbocycles. The Morgan fingerprint density at radius 3 is 2.19 bits per heavy atom. The van der Waals surface area contributed by atoms with Crippen LogP contribution in [0.1, 0.15) is 12.6 Å². The molecule has 0 fully saturated rings. The summed E-state index contributed by atoms with van der Waals surface area (Å²) in [7, 11) is -8.19. The van der Waals surface area contributed by atoms with Crippen LogP contribution in [0.2, 0.25) is 5.02 Å². The van der Waals surface area contributed by atoms with E-state index >= 15 is 0 Å². The summed E-state index contributed by atoms with van der Waals surface area (Å²) in [6, 6.07) is 9.34. The summed E-state index contributed by atoms with van der Waals surface area (Å²) in [6.45, 7) is 0. The van der Waals surface area contributed by atoms with Crippen LogP contribution in [-0.4, -0.2) is 18.2 Å². The molecule has 12 heteroatoms. The first-order valence-corrected chi connectivity index (χ1v) is 12.2. The van der Waals surface area contributed by atoms with E-state index in [0.29, 0.717) is 16.0 Å². The Labute approximate surface area is 193 Å². The summed E-state index contributed by atoms with van der Waals surface area (Å²) in [4.78, 5) is 18.3. The topological polar surface area (TPSA) is 118 Å². The number of hydrogen-bond acceptors (Lipinski definition) is 4. The minimum atomic E-state index is -4.31. The minimum absolute atomic E-state index is 0. The van der Waals surface area contributed by atoms with Gasteiger partial charge in [0.2, 0.25) is 10.0 Å². The van der Waals surface area contributed by atoms with E-state index in [1.165, 1.54) is 30.0 Å². The molecule has 0 radical (unpaired) electrons. The van der Waals surface area contributed by atoms with Gasteiger partial charge in [0.1, 0.15) is 4.90 Å². The molecular weight excluding hydrogens is 496 g/mol. The monoisotopic (exact) mass is 509 g/mol. The second-order valence-corrected chi connectivity index (χ2v) is 10.5. The van der Waals surface area contributed by atoms with Gasteiger partial charge in [-0.2, -0.15) is 11.8 Å². The third-order valence-electron chi connectivity index (χ3n) is 3.17. The Balaban J connectivity index is 0.00000338.